The number of aryl methyl sites for hydroxylation is 2. The largest absolute Gasteiger partial charge is 0.341 e. The van der Waals surface area contributed by atoms with Crippen molar-refractivity contribution in [3.63, 3.8) is 0 Å². The van der Waals surface area contributed by atoms with E-state index in [0.29, 0.717) is 29.4 Å². The van der Waals surface area contributed by atoms with Crippen molar-refractivity contribution in [1.29, 1.82) is 0 Å². The van der Waals surface area contributed by atoms with E-state index in [4.69, 9.17) is 0 Å². The van der Waals surface area contributed by atoms with Crippen molar-refractivity contribution in [1.82, 2.24) is 4.90 Å². The molecule has 0 radical (unpaired) electrons. The zero-order valence-corrected chi connectivity index (χ0v) is 19.8. The van der Waals surface area contributed by atoms with Gasteiger partial charge in [-0.2, -0.15) is 0 Å². The predicted octanol–water partition coefficient (Wildman–Crippen LogP) is 3.92. The van der Waals surface area contributed by atoms with Crippen LogP contribution in [0.25, 0.3) is 0 Å². The SMILES string of the molecule is Cc1ccc(NS(=O)(=O)c2ccc3c(c2)NC(=O)[C@H](C(=O)N2CCCCCC2)S3)cc1C. The van der Waals surface area contributed by atoms with E-state index in [1.54, 1.807) is 23.1 Å². The average Bonchev–Trinajstić information content (AvgIpc) is 3.04. The van der Waals surface area contributed by atoms with Gasteiger partial charge in [-0.25, -0.2) is 8.42 Å². The summed E-state index contributed by atoms with van der Waals surface area (Å²) in [6, 6.07) is 9.95. The van der Waals surface area contributed by atoms with Gasteiger partial charge in [0.15, 0.2) is 5.25 Å². The smallest absolute Gasteiger partial charge is 0.261 e. The molecule has 170 valence electrons. The van der Waals surface area contributed by atoms with Crippen molar-refractivity contribution in [2.75, 3.05) is 23.1 Å². The Morgan fingerprint density at radius 1 is 1.03 bits per heavy atom. The second kappa shape index (κ2) is 9.15. The van der Waals surface area contributed by atoms with Crippen LogP contribution in [0, 0.1) is 13.8 Å². The molecule has 2 amide bonds. The molecule has 0 saturated carbocycles. The van der Waals surface area contributed by atoms with E-state index in [9.17, 15) is 18.0 Å². The summed E-state index contributed by atoms with van der Waals surface area (Å²) in [5, 5.41) is 1.89. The molecule has 0 unspecified atom stereocenters. The minimum atomic E-state index is -3.83. The van der Waals surface area contributed by atoms with Crippen molar-refractivity contribution >= 4 is 45.0 Å². The first-order valence-corrected chi connectivity index (χ1v) is 13.1. The number of hydrogen-bond acceptors (Lipinski definition) is 5. The fourth-order valence-electron chi connectivity index (χ4n) is 3.89. The van der Waals surface area contributed by atoms with E-state index >= 15 is 0 Å². The molecule has 0 spiro atoms. The van der Waals surface area contributed by atoms with Gasteiger partial charge >= 0.3 is 0 Å². The van der Waals surface area contributed by atoms with Gasteiger partial charge in [-0.3, -0.25) is 14.3 Å². The number of carbonyl (C=O) groups excluding carboxylic acids is 2. The molecule has 2 N–H and O–H groups in total. The number of nitrogens with zero attached hydrogens (tertiary/aromatic N) is 1. The summed E-state index contributed by atoms with van der Waals surface area (Å²) in [6.45, 7) is 5.24. The van der Waals surface area contributed by atoms with Crippen LogP contribution in [-0.4, -0.2) is 43.5 Å². The number of carbonyl (C=O) groups is 2. The van der Waals surface area contributed by atoms with Crippen molar-refractivity contribution in [2.24, 2.45) is 0 Å². The summed E-state index contributed by atoms with van der Waals surface area (Å²) < 4.78 is 28.4. The van der Waals surface area contributed by atoms with E-state index in [2.05, 4.69) is 10.0 Å². The first-order valence-electron chi connectivity index (χ1n) is 10.7. The molecule has 2 aliphatic heterocycles. The molecule has 2 aromatic carbocycles. The third-order valence-corrected chi connectivity index (χ3v) is 8.54. The summed E-state index contributed by atoms with van der Waals surface area (Å²) >= 11 is 1.18. The van der Waals surface area contributed by atoms with Crippen LogP contribution in [0.3, 0.4) is 0 Å². The van der Waals surface area contributed by atoms with Gasteiger partial charge in [0.25, 0.3) is 10.0 Å². The fourth-order valence-corrected chi connectivity index (χ4v) is 6.02. The summed E-state index contributed by atoms with van der Waals surface area (Å²) in [7, 11) is -3.83. The minimum absolute atomic E-state index is 0.0488. The molecule has 7 nitrogen and oxygen atoms in total. The number of nitrogens with one attached hydrogen (secondary N) is 2. The van der Waals surface area contributed by atoms with Crippen LogP contribution < -0.4 is 10.0 Å². The standard InChI is InChI=1S/C23H27N3O4S2/c1-15-7-8-17(13-16(15)2)25-32(29,30)18-9-10-20-19(14-18)24-22(27)21(31-20)23(28)26-11-5-3-4-6-12-26/h7-10,13-14,21,25H,3-6,11-12H2,1-2H3,(H,24,27)/t21-/m1/s1. The molecule has 1 atom stereocenters. The number of fused-ring (bicyclic) bond motifs is 1. The Kier molecular flexibility index (Phi) is 6.48. The Hall–Kier alpha value is -2.52. The van der Waals surface area contributed by atoms with Crippen molar-refractivity contribution in [2.45, 2.75) is 54.6 Å². The minimum Gasteiger partial charge on any atom is -0.341 e. The quantitative estimate of drug-likeness (QED) is 0.656. The van der Waals surface area contributed by atoms with E-state index in [1.807, 2.05) is 19.9 Å². The number of likely N-dealkylation sites (tertiary alicyclic amines) is 1. The zero-order valence-electron chi connectivity index (χ0n) is 18.2. The third-order valence-electron chi connectivity index (χ3n) is 5.90. The summed E-state index contributed by atoms with van der Waals surface area (Å²) in [5.41, 5.74) is 2.94. The van der Waals surface area contributed by atoms with Gasteiger partial charge in [0, 0.05) is 23.7 Å². The van der Waals surface area contributed by atoms with Gasteiger partial charge < -0.3 is 10.2 Å². The van der Waals surface area contributed by atoms with E-state index in [-0.39, 0.29) is 10.8 Å². The van der Waals surface area contributed by atoms with Crippen LogP contribution in [-0.2, 0) is 19.6 Å². The first kappa shape index (κ1) is 22.7. The maximum atomic E-state index is 12.9. The molecular formula is C23H27N3O4S2. The van der Waals surface area contributed by atoms with E-state index in [0.717, 1.165) is 36.8 Å². The average molecular weight is 474 g/mol. The Balaban J connectivity index is 1.53. The maximum absolute atomic E-state index is 12.9. The molecule has 1 saturated heterocycles. The molecule has 2 aliphatic rings. The Morgan fingerprint density at radius 2 is 1.75 bits per heavy atom. The van der Waals surface area contributed by atoms with Crippen LogP contribution in [0.5, 0.6) is 0 Å². The summed E-state index contributed by atoms with van der Waals surface area (Å²) in [5.74, 6) is -0.582. The molecule has 2 aromatic rings. The molecule has 0 aliphatic carbocycles. The highest BCUT2D eigenvalue weighted by molar-refractivity contribution is 8.01. The van der Waals surface area contributed by atoms with Crippen molar-refractivity contribution in [3.8, 4) is 0 Å². The highest BCUT2D eigenvalue weighted by Crippen LogP contribution is 2.38. The second-order valence-corrected chi connectivity index (χ2v) is 11.1. The first-order chi connectivity index (χ1) is 15.2. The van der Waals surface area contributed by atoms with Crippen LogP contribution in [0.15, 0.2) is 46.2 Å². The molecule has 1 fully saturated rings. The number of amides is 2. The highest BCUT2D eigenvalue weighted by Gasteiger charge is 2.36. The lowest BCUT2D eigenvalue weighted by Crippen LogP contribution is -2.45. The summed E-state index contributed by atoms with van der Waals surface area (Å²) in [4.78, 5) is 28.2. The lowest BCUT2D eigenvalue weighted by molar-refractivity contribution is -0.133. The lowest BCUT2D eigenvalue weighted by atomic mass is 10.1. The van der Waals surface area contributed by atoms with Crippen LogP contribution >= 0.6 is 11.8 Å². The topological polar surface area (TPSA) is 95.6 Å². The molecule has 2 heterocycles. The molecule has 0 aromatic heterocycles. The predicted molar refractivity (Wildman–Crippen MR) is 126 cm³/mol. The molecule has 9 heteroatoms. The monoisotopic (exact) mass is 473 g/mol. The number of sulfonamides is 1. The van der Waals surface area contributed by atoms with Crippen LogP contribution in [0.2, 0.25) is 0 Å². The number of thioether (sulfide) groups is 1. The summed E-state index contributed by atoms with van der Waals surface area (Å²) in [6.07, 6.45) is 4.11. The molecule has 32 heavy (non-hydrogen) atoms. The maximum Gasteiger partial charge on any atom is 0.261 e. The Morgan fingerprint density at radius 3 is 2.44 bits per heavy atom. The lowest BCUT2D eigenvalue weighted by Gasteiger charge is -2.28. The van der Waals surface area contributed by atoms with Gasteiger partial charge in [0.2, 0.25) is 11.8 Å². The normalized spacial score (nSPS) is 19.0. The van der Waals surface area contributed by atoms with Crippen LogP contribution in [0.1, 0.15) is 36.8 Å². The van der Waals surface area contributed by atoms with Crippen LogP contribution in [0.4, 0.5) is 11.4 Å². The zero-order chi connectivity index (χ0) is 22.9. The van der Waals surface area contributed by atoms with E-state index in [1.165, 1.54) is 23.9 Å². The number of rotatable bonds is 4. The highest BCUT2D eigenvalue weighted by atomic mass is 32.2. The number of anilines is 2. The Labute approximate surface area is 193 Å². The Bertz CT molecular complexity index is 1160. The van der Waals surface area contributed by atoms with Gasteiger partial charge in [-0.15, -0.1) is 11.8 Å². The third kappa shape index (κ3) is 4.78. The molecular weight excluding hydrogens is 446 g/mol. The van der Waals surface area contributed by atoms with Crippen molar-refractivity contribution < 1.29 is 18.0 Å². The van der Waals surface area contributed by atoms with Gasteiger partial charge in [0.05, 0.1) is 10.6 Å². The molecule has 4 rings (SSSR count). The van der Waals surface area contributed by atoms with Crippen molar-refractivity contribution in [3.05, 3.63) is 47.5 Å². The second-order valence-electron chi connectivity index (χ2n) is 8.29. The fraction of sp³-hybridized carbons (Fsp3) is 0.391. The number of hydrogen-bond donors (Lipinski definition) is 2. The molecule has 0 bridgehead atoms. The van der Waals surface area contributed by atoms with E-state index < -0.39 is 21.2 Å². The number of benzene rings is 2. The van der Waals surface area contributed by atoms with Gasteiger partial charge in [-0.05, 0) is 68.1 Å². The van der Waals surface area contributed by atoms with Gasteiger partial charge in [-0.1, -0.05) is 18.9 Å². The van der Waals surface area contributed by atoms with Gasteiger partial charge in [0.1, 0.15) is 0 Å².